The van der Waals surface area contributed by atoms with Crippen molar-refractivity contribution < 1.29 is 8.83 Å². The van der Waals surface area contributed by atoms with Crippen LogP contribution in [-0.2, 0) is 5.41 Å². The Morgan fingerprint density at radius 3 is 1.41 bits per heavy atom. The minimum Gasteiger partial charge on any atom is -0.456 e. The Bertz CT molecular complexity index is 5030. The predicted octanol–water partition coefficient (Wildman–Crippen LogP) is 19.3. The fourth-order valence-corrected chi connectivity index (χ4v) is 14.7. The molecule has 0 bridgehead atoms. The third-order valence-electron chi connectivity index (χ3n) is 17.4. The lowest BCUT2D eigenvalue weighted by Crippen LogP contribution is -2.60. The van der Waals surface area contributed by atoms with Crippen molar-refractivity contribution in [3.05, 3.63) is 260 Å². The Hall–Kier alpha value is -9.75. The number of aromatic nitrogens is 1. The number of furan rings is 2. The van der Waals surface area contributed by atoms with Crippen LogP contribution in [0, 0.1) is 0 Å². The number of rotatable bonds is 6. The summed E-state index contributed by atoms with van der Waals surface area (Å²) in [7, 11) is 0. The molecule has 0 saturated carbocycles. The zero-order valence-corrected chi connectivity index (χ0v) is 46.3. The molecule has 0 N–H and O–H groups in total. The maximum absolute atomic E-state index is 6.42. The average Bonchev–Trinajstić information content (AvgIpc) is 3.30. The number of hydrogen-bond acceptors (Lipinski definition) is 4. The molecular formula is C76H51BN2O2S. The number of hydrogen-bond donors (Lipinski definition) is 0. The average molecular weight is 1070 g/mol. The zero-order valence-electron chi connectivity index (χ0n) is 45.4. The topological polar surface area (TPSA) is 34.5 Å². The van der Waals surface area contributed by atoms with Crippen molar-refractivity contribution in [2.75, 3.05) is 4.90 Å². The number of nitrogens with zero attached hydrogens (tertiary/aromatic N) is 2. The predicted molar refractivity (Wildman–Crippen MR) is 346 cm³/mol. The van der Waals surface area contributed by atoms with Gasteiger partial charge in [0.25, 0.3) is 0 Å². The lowest BCUT2D eigenvalue weighted by molar-refractivity contribution is 0.591. The molecule has 0 atom stereocenters. The largest absolute Gasteiger partial charge is 0.456 e. The first kappa shape index (κ1) is 47.1. The van der Waals surface area contributed by atoms with Crippen LogP contribution >= 0.6 is 11.8 Å². The molecule has 15 aromatic rings. The highest BCUT2D eigenvalue weighted by atomic mass is 32.2. The van der Waals surface area contributed by atoms with Crippen LogP contribution in [0.1, 0.15) is 26.3 Å². The minimum absolute atomic E-state index is 0.0856. The maximum atomic E-state index is 6.42. The van der Waals surface area contributed by atoms with Crippen LogP contribution in [0.2, 0.25) is 0 Å². The fraction of sp³-hybridized carbons (Fsp3) is 0.0526. The molecule has 17 rings (SSSR count). The standard InChI is InChI=1S/C76H51BN2O2S/c1-76(2,3)52-42-58(46-18-6-4-7-19-46)75(59(43-52)47-20-8-5-9-21-47)79-66-40-50(48-32-36-70-60(38-48)56-24-12-16-28-68(56)80-70)30-34-62(66)77-63-35-31-51(49-33-37-71-61(39-49)57-25-13-17-29-69(57)81-71)41-72(63)82-73-45-53(44-67(79)74(73)77)78-64-26-14-10-22-54(64)55-23-11-15-27-65(55)78/h4-45H,1-3H3. The van der Waals surface area contributed by atoms with Crippen LogP contribution in [0.5, 0.6) is 0 Å². The van der Waals surface area contributed by atoms with Crippen molar-refractivity contribution >= 4 is 118 Å². The van der Waals surface area contributed by atoms with Gasteiger partial charge in [-0.1, -0.05) is 208 Å². The van der Waals surface area contributed by atoms with E-state index in [9.17, 15) is 0 Å². The molecule has 3 aromatic heterocycles. The molecule has 0 amide bonds. The lowest BCUT2D eigenvalue weighted by atomic mass is 9.34. The summed E-state index contributed by atoms with van der Waals surface area (Å²) in [6, 6.07) is 94.4. The molecule has 6 heteroatoms. The van der Waals surface area contributed by atoms with E-state index >= 15 is 0 Å². The van der Waals surface area contributed by atoms with E-state index in [1.165, 1.54) is 81.4 Å². The van der Waals surface area contributed by atoms with Gasteiger partial charge in [-0.15, -0.1) is 0 Å². The summed E-state index contributed by atoms with van der Waals surface area (Å²) in [5, 5.41) is 6.95. The normalized spacial score (nSPS) is 13.0. The highest BCUT2D eigenvalue weighted by Crippen LogP contribution is 2.52. The van der Waals surface area contributed by atoms with Crippen molar-refractivity contribution in [2.45, 2.75) is 36.0 Å². The summed E-state index contributed by atoms with van der Waals surface area (Å²) in [4.78, 5) is 5.16. The Balaban J connectivity index is 0.984. The summed E-state index contributed by atoms with van der Waals surface area (Å²) in [5.74, 6) is 0. The van der Waals surface area contributed by atoms with Gasteiger partial charge in [0.1, 0.15) is 22.3 Å². The molecule has 82 heavy (non-hydrogen) atoms. The number of benzene rings is 12. The maximum Gasteiger partial charge on any atom is 0.249 e. The molecule has 2 aliphatic heterocycles. The van der Waals surface area contributed by atoms with Crippen LogP contribution in [0.4, 0.5) is 17.1 Å². The van der Waals surface area contributed by atoms with Gasteiger partial charge in [0.15, 0.2) is 0 Å². The monoisotopic (exact) mass is 1070 g/mol. The van der Waals surface area contributed by atoms with Gasteiger partial charge in [-0.25, -0.2) is 0 Å². The first-order chi connectivity index (χ1) is 40.3. The van der Waals surface area contributed by atoms with E-state index in [0.717, 1.165) is 83.3 Å². The van der Waals surface area contributed by atoms with Crippen molar-refractivity contribution in [3.8, 4) is 50.2 Å². The number of anilines is 3. The van der Waals surface area contributed by atoms with E-state index in [4.69, 9.17) is 8.83 Å². The molecule has 0 fully saturated rings. The Kier molecular flexibility index (Phi) is 10.3. The first-order valence-corrected chi connectivity index (χ1v) is 29.1. The first-order valence-electron chi connectivity index (χ1n) is 28.3. The quantitative estimate of drug-likeness (QED) is 0.155. The molecule has 4 nitrogen and oxygen atoms in total. The van der Waals surface area contributed by atoms with Crippen LogP contribution in [0.15, 0.2) is 273 Å². The Morgan fingerprint density at radius 1 is 0.366 bits per heavy atom. The van der Waals surface area contributed by atoms with Gasteiger partial charge in [-0.2, -0.15) is 0 Å². The molecule has 386 valence electrons. The fourth-order valence-electron chi connectivity index (χ4n) is 13.5. The minimum atomic E-state index is -0.146. The van der Waals surface area contributed by atoms with Crippen LogP contribution in [0.3, 0.4) is 0 Å². The van der Waals surface area contributed by atoms with E-state index in [-0.39, 0.29) is 12.1 Å². The van der Waals surface area contributed by atoms with Gasteiger partial charge in [0.05, 0.1) is 16.7 Å². The van der Waals surface area contributed by atoms with Crippen molar-refractivity contribution in [3.63, 3.8) is 0 Å². The second-order valence-electron chi connectivity index (χ2n) is 23.2. The van der Waals surface area contributed by atoms with Crippen LogP contribution < -0.4 is 21.3 Å². The van der Waals surface area contributed by atoms with E-state index in [0.29, 0.717) is 0 Å². The van der Waals surface area contributed by atoms with Crippen LogP contribution in [-0.4, -0.2) is 11.3 Å². The van der Waals surface area contributed by atoms with Gasteiger partial charge >= 0.3 is 0 Å². The second-order valence-corrected chi connectivity index (χ2v) is 24.2. The zero-order chi connectivity index (χ0) is 54.4. The molecule has 0 aliphatic carbocycles. The summed E-state index contributed by atoms with van der Waals surface area (Å²) in [6.07, 6.45) is 0. The Labute approximate surface area is 479 Å². The lowest BCUT2D eigenvalue weighted by Gasteiger charge is -2.42. The molecule has 0 unspecified atom stereocenters. The summed E-state index contributed by atoms with van der Waals surface area (Å²) >= 11 is 1.90. The highest BCUT2D eigenvalue weighted by Gasteiger charge is 2.43. The highest BCUT2D eigenvalue weighted by molar-refractivity contribution is 8.00. The molecule has 0 spiro atoms. The molecule has 2 aliphatic rings. The smallest absolute Gasteiger partial charge is 0.249 e. The third kappa shape index (κ3) is 7.21. The summed E-state index contributed by atoms with van der Waals surface area (Å²) in [6.45, 7) is 6.92. The molecule has 0 saturated heterocycles. The van der Waals surface area contributed by atoms with Gasteiger partial charge in [-0.05, 0) is 140 Å². The van der Waals surface area contributed by atoms with E-state index in [1.54, 1.807) is 0 Å². The van der Waals surface area contributed by atoms with Gasteiger partial charge in [0.2, 0.25) is 6.71 Å². The van der Waals surface area contributed by atoms with E-state index < -0.39 is 0 Å². The third-order valence-corrected chi connectivity index (χ3v) is 18.5. The molecule has 5 heterocycles. The van der Waals surface area contributed by atoms with Crippen molar-refractivity contribution in [1.29, 1.82) is 0 Å². The van der Waals surface area contributed by atoms with Gasteiger partial charge in [0, 0.05) is 70.3 Å². The molecular weight excluding hydrogens is 1020 g/mol. The van der Waals surface area contributed by atoms with Gasteiger partial charge in [-0.3, -0.25) is 0 Å². The Morgan fingerprint density at radius 2 is 0.841 bits per heavy atom. The molecule has 12 aromatic carbocycles. The molecule has 0 radical (unpaired) electrons. The van der Waals surface area contributed by atoms with E-state index in [1.807, 2.05) is 23.9 Å². The number of para-hydroxylation sites is 4. The van der Waals surface area contributed by atoms with Crippen molar-refractivity contribution in [2.24, 2.45) is 0 Å². The summed E-state index contributed by atoms with van der Waals surface area (Å²) in [5.41, 5.74) is 24.8. The van der Waals surface area contributed by atoms with Gasteiger partial charge < -0.3 is 18.3 Å². The van der Waals surface area contributed by atoms with Crippen molar-refractivity contribution in [1.82, 2.24) is 4.57 Å². The second kappa shape index (κ2) is 17.9. The van der Waals surface area contributed by atoms with E-state index in [2.05, 4.69) is 273 Å². The summed E-state index contributed by atoms with van der Waals surface area (Å²) < 4.78 is 15.2. The van der Waals surface area contributed by atoms with Crippen LogP contribution in [0.25, 0.3) is 116 Å². The SMILES string of the molecule is CC(C)(C)c1cc(-c2ccccc2)c(N2c3cc(-c4ccc5oc6ccccc6c5c4)ccc3B3c4ccc(-c5ccc6oc7ccccc7c6c5)cc4Sc4cc(-n5c6ccccc6c6ccccc65)cc2c43)c(-c2ccccc2)c1. The number of fused-ring (bicyclic) bond motifs is 13.